The predicted molar refractivity (Wildman–Crippen MR) is 88.8 cm³/mol. The Labute approximate surface area is 137 Å². The van der Waals surface area contributed by atoms with Crippen molar-refractivity contribution in [2.24, 2.45) is 0 Å². The molecule has 0 amide bonds. The maximum Gasteiger partial charge on any atom is 0.498 e. The molecule has 3 rings (SSSR count). The van der Waals surface area contributed by atoms with E-state index in [4.69, 9.17) is 20.9 Å². The fourth-order valence-corrected chi connectivity index (χ4v) is 3.02. The normalized spacial score (nSPS) is 27.2. The van der Waals surface area contributed by atoms with E-state index in [2.05, 4.69) is 14.9 Å². The molecule has 0 saturated carbocycles. The molecule has 0 radical (unpaired) electrons. The van der Waals surface area contributed by atoms with Gasteiger partial charge in [0.1, 0.15) is 0 Å². The minimum atomic E-state index is -0.416. The Hall–Kier alpha value is -0.845. The summed E-state index contributed by atoms with van der Waals surface area (Å²) < 4.78 is 12.0. The molecule has 22 heavy (non-hydrogen) atoms. The Balaban J connectivity index is 1.72. The average molecular weight is 324 g/mol. The largest absolute Gasteiger partial charge is 0.498 e. The molecule has 2 aliphatic heterocycles. The molecule has 0 N–H and O–H groups in total. The Morgan fingerprint density at radius 1 is 1.18 bits per heavy atom. The van der Waals surface area contributed by atoms with E-state index in [9.17, 15) is 0 Å². The summed E-state index contributed by atoms with van der Waals surface area (Å²) in [6.45, 7) is 9.91. The van der Waals surface area contributed by atoms with Crippen molar-refractivity contribution in [2.45, 2.75) is 57.1 Å². The highest BCUT2D eigenvalue weighted by Crippen LogP contribution is 2.36. The van der Waals surface area contributed by atoms with Crippen molar-refractivity contribution in [2.75, 3.05) is 18.0 Å². The summed E-state index contributed by atoms with van der Waals surface area (Å²) in [7, 11) is -0.416. The summed E-state index contributed by atoms with van der Waals surface area (Å²) in [5, 5.41) is 0.181. The van der Waals surface area contributed by atoms with E-state index >= 15 is 0 Å². The predicted octanol–water partition coefficient (Wildman–Crippen LogP) is 1.98. The van der Waals surface area contributed by atoms with Crippen molar-refractivity contribution in [3.63, 3.8) is 0 Å². The standard InChI is InChI=1S/C15H23BClN3O2/c1-14(2)15(3,4)22-16(21-14)11-8-18-13(19-9-11)20-7-5-6-12(17)10-20/h8-9,12H,5-7,10H2,1-4H3/t12-/m1/s1. The molecule has 1 aromatic rings. The van der Waals surface area contributed by atoms with E-state index in [1.54, 1.807) is 12.4 Å². The third kappa shape index (κ3) is 2.96. The first-order valence-corrected chi connectivity index (χ1v) is 8.29. The monoisotopic (exact) mass is 323 g/mol. The lowest BCUT2D eigenvalue weighted by atomic mass is 9.81. The van der Waals surface area contributed by atoms with Gasteiger partial charge in [-0.3, -0.25) is 0 Å². The summed E-state index contributed by atoms with van der Waals surface area (Å²) in [5.41, 5.74) is 0.145. The van der Waals surface area contributed by atoms with Gasteiger partial charge in [0.15, 0.2) is 0 Å². The van der Waals surface area contributed by atoms with Crippen LogP contribution in [0.3, 0.4) is 0 Å². The van der Waals surface area contributed by atoms with E-state index in [-0.39, 0.29) is 16.6 Å². The Bertz CT molecular complexity index is 522. The number of piperidine rings is 1. The van der Waals surface area contributed by atoms with Gasteiger partial charge in [0.25, 0.3) is 0 Å². The molecule has 0 aliphatic carbocycles. The topological polar surface area (TPSA) is 47.5 Å². The fourth-order valence-electron chi connectivity index (χ4n) is 2.70. The number of rotatable bonds is 2. The summed E-state index contributed by atoms with van der Waals surface area (Å²) >= 11 is 6.22. The Morgan fingerprint density at radius 2 is 1.77 bits per heavy atom. The van der Waals surface area contributed by atoms with Crippen molar-refractivity contribution >= 4 is 30.1 Å². The van der Waals surface area contributed by atoms with Crippen LogP contribution >= 0.6 is 11.6 Å². The van der Waals surface area contributed by atoms with Gasteiger partial charge in [0.05, 0.1) is 16.6 Å². The SMILES string of the molecule is CC1(C)OB(c2cnc(N3CCC[C@@H](Cl)C3)nc2)OC1(C)C. The third-order valence-electron chi connectivity index (χ3n) is 4.83. The van der Waals surface area contributed by atoms with E-state index in [1.165, 1.54) is 0 Å². The van der Waals surface area contributed by atoms with Crippen LogP contribution in [0.25, 0.3) is 0 Å². The second kappa shape index (κ2) is 5.66. The smallest absolute Gasteiger partial charge is 0.399 e. The first kappa shape index (κ1) is 16.0. The molecule has 0 spiro atoms. The molecule has 2 saturated heterocycles. The highest BCUT2D eigenvalue weighted by Gasteiger charge is 2.51. The molecule has 2 fully saturated rings. The lowest BCUT2D eigenvalue weighted by Crippen LogP contribution is -2.41. The zero-order valence-electron chi connectivity index (χ0n) is 13.7. The average Bonchev–Trinajstić information content (AvgIpc) is 2.68. The third-order valence-corrected chi connectivity index (χ3v) is 5.19. The number of anilines is 1. The molecular formula is C15H23BClN3O2. The van der Waals surface area contributed by atoms with Crippen molar-refractivity contribution in [1.29, 1.82) is 0 Å². The quantitative estimate of drug-likeness (QED) is 0.615. The van der Waals surface area contributed by atoms with Crippen molar-refractivity contribution in [1.82, 2.24) is 9.97 Å². The van der Waals surface area contributed by atoms with Gasteiger partial charge in [0.2, 0.25) is 5.95 Å². The van der Waals surface area contributed by atoms with Crippen LogP contribution in [0.1, 0.15) is 40.5 Å². The van der Waals surface area contributed by atoms with Gasteiger partial charge in [-0.2, -0.15) is 0 Å². The molecule has 0 aromatic carbocycles. The van der Waals surface area contributed by atoms with E-state index in [0.29, 0.717) is 0 Å². The van der Waals surface area contributed by atoms with Crippen LogP contribution < -0.4 is 10.4 Å². The second-order valence-corrected chi connectivity index (χ2v) is 7.71. The number of hydrogen-bond acceptors (Lipinski definition) is 5. The molecule has 3 heterocycles. The molecule has 1 aromatic heterocycles. The van der Waals surface area contributed by atoms with E-state index < -0.39 is 7.12 Å². The van der Waals surface area contributed by atoms with Crippen LogP contribution in [0.5, 0.6) is 0 Å². The molecule has 0 bridgehead atoms. The number of hydrogen-bond donors (Lipinski definition) is 0. The highest BCUT2D eigenvalue weighted by molar-refractivity contribution is 6.61. The molecule has 0 unspecified atom stereocenters. The van der Waals surface area contributed by atoms with Crippen LogP contribution in [0.2, 0.25) is 0 Å². The second-order valence-electron chi connectivity index (χ2n) is 7.09. The molecule has 5 nitrogen and oxygen atoms in total. The number of nitrogens with zero attached hydrogens (tertiary/aromatic N) is 3. The summed E-state index contributed by atoms with van der Waals surface area (Å²) in [5.74, 6) is 0.727. The van der Waals surface area contributed by atoms with Crippen LogP contribution in [-0.4, -0.2) is 46.8 Å². The van der Waals surface area contributed by atoms with Crippen LogP contribution in [-0.2, 0) is 9.31 Å². The van der Waals surface area contributed by atoms with Crippen molar-refractivity contribution < 1.29 is 9.31 Å². The van der Waals surface area contributed by atoms with Crippen LogP contribution in [0.4, 0.5) is 5.95 Å². The van der Waals surface area contributed by atoms with Crippen LogP contribution in [0, 0.1) is 0 Å². The molecule has 120 valence electrons. The highest BCUT2D eigenvalue weighted by atomic mass is 35.5. The zero-order valence-corrected chi connectivity index (χ0v) is 14.4. The molecule has 7 heteroatoms. The van der Waals surface area contributed by atoms with E-state index in [0.717, 1.165) is 37.3 Å². The molecule has 2 aliphatic rings. The van der Waals surface area contributed by atoms with Crippen LogP contribution in [0.15, 0.2) is 12.4 Å². The molecule has 1 atom stereocenters. The first-order chi connectivity index (χ1) is 10.3. The van der Waals surface area contributed by atoms with Gasteiger partial charge in [-0.05, 0) is 40.5 Å². The van der Waals surface area contributed by atoms with Gasteiger partial charge in [-0.25, -0.2) is 9.97 Å². The van der Waals surface area contributed by atoms with E-state index in [1.807, 2.05) is 27.7 Å². The minimum Gasteiger partial charge on any atom is -0.399 e. The minimum absolute atomic E-state index is 0.181. The van der Waals surface area contributed by atoms with Gasteiger partial charge in [0, 0.05) is 30.9 Å². The number of halogens is 1. The number of aromatic nitrogens is 2. The van der Waals surface area contributed by atoms with Gasteiger partial charge in [-0.15, -0.1) is 11.6 Å². The molecular weight excluding hydrogens is 300 g/mol. The fraction of sp³-hybridized carbons (Fsp3) is 0.733. The van der Waals surface area contributed by atoms with Gasteiger partial charge >= 0.3 is 7.12 Å². The van der Waals surface area contributed by atoms with Crippen molar-refractivity contribution in [3.05, 3.63) is 12.4 Å². The van der Waals surface area contributed by atoms with Gasteiger partial charge < -0.3 is 14.2 Å². The summed E-state index contributed by atoms with van der Waals surface area (Å²) in [6.07, 6.45) is 5.73. The Morgan fingerprint density at radius 3 is 2.32 bits per heavy atom. The first-order valence-electron chi connectivity index (χ1n) is 7.85. The maximum absolute atomic E-state index is 6.22. The van der Waals surface area contributed by atoms with Gasteiger partial charge in [-0.1, -0.05) is 0 Å². The lowest BCUT2D eigenvalue weighted by molar-refractivity contribution is 0.00578. The maximum atomic E-state index is 6.22. The summed E-state index contributed by atoms with van der Waals surface area (Å²) in [4.78, 5) is 11.1. The zero-order chi connectivity index (χ0) is 16.0. The summed E-state index contributed by atoms with van der Waals surface area (Å²) in [6, 6.07) is 0. The Kier molecular flexibility index (Phi) is 4.12. The van der Waals surface area contributed by atoms with Crippen molar-refractivity contribution in [3.8, 4) is 0 Å². The lowest BCUT2D eigenvalue weighted by Gasteiger charge is -2.32. The number of alkyl halides is 1.